The Morgan fingerprint density at radius 1 is 1.26 bits per heavy atom. The van der Waals surface area contributed by atoms with Crippen LogP contribution >= 0.6 is 11.8 Å². The van der Waals surface area contributed by atoms with E-state index in [1.807, 2.05) is 20.8 Å². The minimum atomic E-state index is -0.446. The Kier molecular flexibility index (Phi) is 5.82. The maximum Gasteiger partial charge on any atom is 0.229 e. The summed E-state index contributed by atoms with van der Waals surface area (Å²) in [4.78, 5) is 28.5. The summed E-state index contributed by atoms with van der Waals surface area (Å²) in [6.07, 6.45) is 1.04. The number of carbonyl (C=O) groups is 2. The van der Waals surface area contributed by atoms with Crippen LogP contribution < -0.4 is 10.6 Å². The molecule has 0 bridgehead atoms. The lowest BCUT2D eigenvalue weighted by molar-refractivity contribution is -0.123. The first-order valence-corrected chi connectivity index (χ1v) is 8.70. The molecule has 1 aromatic rings. The summed E-state index contributed by atoms with van der Waals surface area (Å²) >= 11 is 1.44. The quantitative estimate of drug-likeness (QED) is 0.831. The topological polar surface area (TPSA) is 70.6 Å². The summed E-state index contributed by atoms with van der Waals surface area (Å²) in [7, 11) is 0. The van der Waals surface area contributed by atoms with Crippen LogP contribution in [0, 0.1) is 5.41 Å². The summed E-state index contributed by atoms with van der Waals surface area (Å²) < 4.78 is 0. The highest BCUT2D eigenvalue weighted by Crippen LogP contribution is 2.18. The number of amides is 1. The molecule has 0 saturated carbocycles. The van der Waals surface area contributed by atoms with E-state index in [9.17, 15) is 9.59 Å². The highest BCUT2D eigenvalue weighted by Gasteiger charge is 2.21. The van der Waals surface area contributed by atoms with Crippen LogP contribution in [0.4, 0.5) is 5.69 Å². The number of carbonyl (C=O) groups excluding carboxylic acids is 2. The smallest absolute Gasteiger partial charge is 0.229 e. The summed E-state index contributed by atoms with van der Waals surface area (Å²) in [6.45, 7) is 7.33. The number of thioether (sulfide) groups is 1. The second-order valence-electron chi connectivity index (χ2n) is 6.46. The fourth-order valence-electron chi connectivity index (χ4n) is 1.88. The van der Waals surface area contributed by atoms with Crippen molar-refractivity contribution in [1.82, 2.24) is 5.32 Å². The molecule has 124 valence electrons. The Labute approximate surface area is 141 Å². The first kappa shape index (κ1) is 17.5. The molecule has 1 aliphatic rings. The number of hydrogen-bond acceptors (Lipinski definition) is 5. The molecule has 5 nitrogen and oxygen atoms in total. The van der Waals surface area contributed by atoms with E-state index in [2.05, 4.69) is 15.6 Å². The van der Waals surface area contributed by atoms with Gasteiger partial charge >= 0.3 is 0 Å². The number of anilines is 1. The molecule has 2 rings (SSSR count). The number of rotatable bonds is 4. The van der Waals surface area contributed by atoms with Crippen LogP contribution in [0.2, 0.25) is 0 Å². The molecule has 6 heteroatoms. The van der Waals surface area contributed by atoms with Crippen molar-refractivity contribution in [2.24, 2.45) is 10.4 Å². The molecule has 0 aromatic heterocycles. The fraction of sp³-hybridized carbons (Fsp3) is 0.471. The lowest BCUT2D eigenvalue weighted by Crippen LogP contribution is -2.27. The van der Waals surface area contributed by atoms with Crippen LogP contribution in [0.25, 0.3) is 0 Å². The first-order valence-electron chi connectivity index (χ1n) is 7.72. The fourth-order valence-corrected chi connectivity index (χ4v) is 2.70. The number of hydrogen-bond donors (Lipinski definition) is 2. The summed E-state index contributed by atoms with van der Waals surface area (Å²) in [6, 6.07) is 7.02. The van der Waals surface area contributed by atoms with E-state index in [4.69, 9.17) is 0 Å². The molecule has 23 heavy (non-hydrogen) atoms. The normalized spacial score (nSPS) is 14.7. The van der Waals surface area contributed by atoms with E-state index in [-0.39, 0.29) is 11.7 Å². The number of Topliss-reactive ketones (excluding diaryl/α,β-unsaturated/α-hetero) is 1. The maximum atomic E-state index is 12.2. The molecular formula is C17H23N3O2S. The predicted octanol–water partition coefficient (Wildman–Crippen LogP) is 2.94. The van der Waals surface area contributed by atoms with Crippen LogP contribution in [0.15, 0.2) is 29.3 Å². The Morgan fingerprint density at radius 2 is 1.96 bits per heavy atom. The molecule has 0 spiro atoms. The molecule has 0 fully saturated rings. The molecule has 1 heterocycles. The zero-order chi connectivity index (χ0) is 16.9. The molecule has 1 amide bonds. The third-order valence-electron chi connectivity index (χ3n) is 3.35. The molecule has 1 aliphatic heterocycles. The number of nitrogens with zero attached hydrogens (tertiary/aromatic N) is 1. The average Bonchev–Trinajstić information content (AvgIpc) is 2.53. The standard InChI is InChI=1S/C17H23N3O2S/c1-17(2,3)15(22)20-13-7-5-12(6-8-13)14(21)11-23-16-18-9-4-10-19-16/h5-8H,4,9-11H2,1-3H3,(H,18,19)(H,20,22). The lowest BCUT2D eigenvalue weighted by Gasteiger charge is -2.17. The number of amidine groups is 1. The SMILES string of the molecule is CC(C)(C)C(=O)Nc1ccc(C(=O)CSC2=NCCCN2)cc1. The number of ketones is 1. The van der Waals surface area contributed by atoms with Gasteiger partial charge in [0, 0.05) is 29.8 Å². The van der Waals surface area contributed by atoms with Crippen molar-refractivity contribution in [1.29, 1.82) is 0 Å². The molecule has 0 atom stereocenters. The number of aliphatic imine (C=N–C) groups is 1. The molecular weight excluding hydrogens is 310 g/mol. The van der Waals surface area contributed by atoms with Crippen molar-refractivity contribution in [3.8, 4) is 0 Å². The third kappa shape index (κ3) is 5.39. The van der Waals surface area contributed by atoms with E-state index in [0.717, 1.165) is 24.7 Å². The lowest BCUT2D eigenvalue weighted by atomic mass is 9.95. The van der Waals surface area contributed by atoms with Gasteiger partial charge in [-0.1, -0.05) is 32.5 Å². The van der Waals surface area contributed by atoms with E-state index >= 15 is 0 Å². The van der Waals surface area contributed by atoms with Gasteiger partial charge in [0.2, 0.25) is 5.91 Å². The van der Waals surface area contributed by atoms with E-state index in [1.54, 1.807) is 24.3 Å². The van der Waals surface area contributed by atoms with Gasteiger partial charge in [0.05, 0.1) is 5.75 Å². The van der Waals surface area contributed by atoms with E-state index < -0.39 is 5.41 Å². The Morgan fingerprint density at radius 3 is 2.52 bits per heavy atom. The molecule has 0 aliphatic carbocycles. The highest BCUT2D eigenvalue weighted by molar-refractivity contribution is 8.14. The second-order valence-corrected chi connectivity index (χ2v) is 7.42. The average molecular weight is 333 g/mol. The van der Waals surface area contributed by atoms with Crippen molar-refractivity contribution in [3.63, 3.8) is 0 Å². The van der Waals surface area contributed by atoms with Crippen molar-refractivity contribution in [2.45, 2.75) is 27.2 Å². The van der Waals surface area contributed by atoms with Gasteiger partial charge in [-0.25, -0.2) is 0 Å². The van der Waals surface area contributed by atoms with Crippen LogP contribution in [-0.2, 0) is 4.79 Å². The predicted molar refractivity (Wildman–Crippen MR) is 96.2 cm³/mol. The third-order valence-corrected chi connectivity index (χ3v) is 4.31. The Hall–Kier alpha value is -1.82. The summed E-state index contributed by atoms with van der Waals surface area (Å²) in [5.41, 5.74) is 0.897. The maximum absolute atomic E-state index is 12.2. The molecule has 0 radical (unpaired) electrons. The van der Waals surface area contributed by atoms with Crippen molar-refractivity contribution in [2.75, 3.05) is 24.2 Å². The Bertz CT molecular complexity index is 603. The van der Waals surface area contributed by atoms with Crippen molar-refractivity contribution >= 4 is 34.3 Å². The highest BCUT2D eigenvalue weighted by atomic mass is 32.2. The molecule has 2 N–H and O–H groups in total. The van der Waals surface area contributed by atoms with Gasteiger partial charge in [-0.2, -0.15) is 0 Å². The van der Waals surface area contributed by atoms with Gasteiger partial charge in [0.25, 0.3) is 0 Å². The summed E-state index contributed by atoms with van der Waals surface area (Å²) in [5.74, 6) is 0.367. The van der Waals surface area contributed by atoms with Gasteiger partial charge < -0.3 is 10.6 Å². The van der Waals surface area contributed by atoms with Crippen molar-refractivity contribution < 1.29 is 9.59 Å². The second kappa shape index (κ2) is 7.64. The summed E-state index contributed by atoms with van der Waals surface area (Å²) in [5, 5.41) is 6.88. The zero-order valence-electron chi connectivity index (χ0n) is 13.8. The van der Waals surface area contributed by atoms with E-state index in [0.29, 0.717) is 17.0 Å². The van der Waals surface area contributed by atoms with Crippen LogP contribution in [0.1, 0.15) is 37.6 Å². The molecule has 0 saturated heterocycles. The van der Waals surface area contributed by atoms with Gasteiger partial charge in [0.1, 0.15) is 0 Å². The van der Waals surface area contributed by atoms with Crippen LogP contribution in [0.3, 0.4) is 0 Å². The molecule has 1 aromatic carbocycles. The van der Waals surface area contributed by atoms with Gasteiger partial charge in [-0.15, -0.1) is 0 Å². The first-order chi connectivity index (χ1) is 10.9. The van der Waals surface area contributed by atoms with Crippen LogP contribution in [0.5, 0.6) is 0 Å². The number of nitrogens with one attached hydrogen (secondary N) is 2. The molecule has 0 unspecified atom stereocenters. The zero-order valence-corrected chi connectivity index (χ0v) is 14.6. The minimum absolute atomic E-state index is 0.0477. The number of benzene rings is 1. The largest absolute Gasteiger partial charge is 0.365 e. The van der Waals surface area contributed by atoms with Gasteiger partial charge in [-0.05, 0) is 30.7 Å². The van der Waals surface area contributed by atoms with Crippen molar-refractivity contribution in [3.05, 3.63) is 29.8 Å². The van der Waals surface area contributed by atoms with Gasteiger partial charge in [0.15, 0.2) is 11.0 Å². The van der Waals surface area contributed by atoms with E-state index in [1.165, 1.54) is 11.8 Å². The van der Waals surface area contributed by atoms with Gasteiger partial charge in [-0.3, -0.25) is 14.6 Å². The minimum Gasteiger partial charge on any atom is -0.365 e. The Balaban J connectivity index is 1.89. The monoisotopic (exact) mass is 333 g/mol. The van der Waals surface area contributed by atoms with Crippen LogP contribution in [-0.4, -0.2) is 35.7 Å².